The zero-order valence-corrected chi connectivity index (χ0v) is 13.6. The first kappa shape index (κ1) is 14.9. The molecule has 4 heteroatoms. The zero-order valence-electron chi connectivity index (χ0n) is 10.5. The van der Waals surface area contributed by atoms with Gasteiger partial charge in [-0.25, -0.2) is 0 Å². The van der Waals surface area contributed by atoms with Gasteiger partial charge in [0.05, 0.1) is 0 Å². The van der Waals surface area contributed by atoms with Gasteiger partial charge in [0.15, 0.2) is 0 Å². The predicted molar refractivity (Wildman–Crippen MR) is 85.8 cm³/mol. The molecule has 0 saturated carbocycles. The zero-order chi connectivity index (χ0) is 14.0. The summed E-state index contributed by atoms with van der Waals surface area (Å²) in [5.74, 6) is 0. The fourth-order valence-corrected chi connectivity index (χ4v) is 2.80. The van der Waals surface area contributed by atoms with Crippen LogP contribution in [0.1, 0.15) is 18.1 Å². The second kappa shape index (κ2) is 5.84. The van der Waals surface area contributed by atoms with E-state index in [1.807, 2.05) is 37.3 Å². The lowest BCUT2D eigenvalue weighted by Crippen LogP contribution is -2.35. The van der Waals surface area contributed by atoms with Gasteiger partial charge in [0.2, 0.25) is 0 Å². The Balaban J connectivity index is 2.33. The van der Waals surface area contributed by atoms with Crippen LogP contribution in [0.15, 0.2) is 46.9 Å². The van der Waals surface area contributed by atoms with Crippen molar-refractivity contribution in [3.8, 4) is 0 Å². The lowest BCUT2D eigenvalue weighted by atomic mass is 9.86. The summed E-state index contributed by atoms with van der Waals surface area (Å²) in [6.45, 7) is 1.99. The minimum absolute atomic E-state index is 0.502. The molecule has 0 amide bonds. The van der Waals surface area contributed by atoms with Crippen LogP contribution >= 0.6 is 39.1 Å². The molecule has 2 aromatic rings. The SMILES string of the molecule is CC(N)(Cc1cc(Cl)ccc1Cl)c1cccc(Br)c1. The molecule has 0 radical (unpaired) electrons. The minimum atomic E-state index is -0.502. The van der Waals surface area contributed by atoms with Crippen LogP contribution in [0.4, 0.5) is 0 Å². The Labute approximate surface area is 131 Å². The smallest absolute Gasteiger partial charge is 0.0439 e. The second-order valence-corrected chi connectivity index (χ2v) is 6.60. The Bertz CT molecular complexity index is 596. The molecule has 100 valence electrons. The van der Waals surface area contributed by atoms with Crippen LogP contribution in [0, 0.1) is 0 Å². The van der Waals surface area contributed by atoms with Crippen molar-refractivity contribution >= 4 is 39.1 Å². The summed E-state index contributed by atoms with van der Waals surface area (Å²) < 4.78 is 1.01. The van der Waals surface area contributed by atoms with Crippen molar-refractivity contribution in [3.63, 3.8) is 0 Å². The van der Waals surface area contributed by atoms with Gasteiger partial charge in [-0.05, 0) is 54.8 Å². The molecule has 2 aromatic carbocycles. The van der Waals surface area contributed by atoms with E-state index in [2.05, 4.69) is 15.9 Å². The van der Waals surface area contributed by atoms with Crippen LogP contribution in [0.3, 0.4) is 0 Å². The fraction of sp³-hybridized carbons (Fsp3) is 0.200. The highest BCUT2D eigenvalue weighted by Crippen LogP contribution is 2.29. The number of benzene rings is 2. The molecular weight excluding hydrogens is 345 g/mol. The summed E-state index contributed by atoms with van der Waals surface area (Å²) in [6, 6.07) is 13.4. The third-order valence-electron chi connectivity index (χ3n) is 3.05. The number of rotatable bonds is 3. The number of hydrogen-bond donors (Lipinski definition) is 1. The van der Waals surface area contributed by atoms with Crippen molar-refractivity contribution in [3.05, 3.63) is 68.1 Å². The third kappa shape index (κ3) is 3.73. The van der Waals surface area contributed by atoms with Gasteiger partial charge in [-0.2, -0.15) is 0 Å². The van der Waals surface area contributed by atoms with Crippen molar-refractivity contribution in [2.45, 2.75) is 18.9 Å². The van der Waals surface area contributed by atoms with Gasteiger partial charge in [0, 0.05) is 20.1 Å². The van der Waals surface area contributed by atoms with Crippen molar-refractivity contribution in [1.82, 2.24) is 0 Å². The quantitative estimate of drug-likeness (QED) is 0.804. The lowest BCUT2D eigenvalue weighted by molar-refractivity contribution is 0.491. The molecule has 0 aliphatic heterocycles. The highest BCUT2D eigenvalue weighted by atomic mass is 79.9. The lowest BCUT2D eigenvalue weighted by Gasteiger charge is -2.26. The molecule has 1 unspecified atom stereocenters. The summed E-state index contributed by atoms with van der Waals surface area (Å²) in [5, 5.41) is 1.36. The van der Waals surface area contributed by atoms with Crippen molar-refractivity contribution < 1.29 is 0 Å². The Hall–Kier alpha value is -0.540. The van der Waals surface area contributed by atoms with Crippen LogP contribution in [0.25, 0.3) is 0 Å². The van der Waals surface area contributed by atoms with E-state index in [0.717, 1.165) is 15.6 Å². The van der Waals surface area contributed by atoms with Crippen LogP contribution < -0.4 is 5.73 Å². The molecule has 1 atom stereocenters. The highest BCUT2D eigenvalue weighted by molar-refractivity contribution is 9.10. The van der Waals surface area contributed by atoms with Crippen LogP contribution in [0.2, 0.25) is 10.0 Å². The van der Waals surface area contributed by atoms with E-state index < -0.39 is 5.54 Å². The molecule has 0 bridgehead atoms. The molecule has 2 rings (SSSR count). The van der Waals surface area contributed by atoms with E-state index in [4.69, 9.17) is 28.9 Å². The number of nitrogens with two attached hydrogens (primary N) is 1. The van der Waals surface area contributed by atoms with E-state index >= 15 is 0 Å². The Morgan fingerprint density at radius 1 is 1.16 bits per heavy atom. The number of halogens is 3. The average molecular weight is 359 g/mol. The molecule has 2 N–H and O–H groups in total. The number of hydrogen-bond acceptors (Lipinski definition) is 1. The van der Waals surface area contributed by atoms with E-state index in [-0.39, 0.29) is 0 Å². The van der Waals surface area contributed by atoms with Crippen LogP contribution in [-0.4, -0.2) is 0 Å². The predicted octanol–water partition coefficient (Wildman–Crippen LogP) is 5.17. The summed E-state index contributed by atoms with van der Waals surface area (Å²) in [6.07, 6.45) is 0.628. The van der Waals surface area contributed by atoms with Gasteiger partial charge in [-0.3, -0.25) is 0 Å². The first-order chi connectivity index (χ1) is 8.88. The van der Waals surface area contributed by atoms with Crippen molar-refractivity contribution in [1.29, 1.82) is 0 Å². The maximum Gasteiger partial charge on any atom is 0.0439 e. The van der Waals surface area contributed by atoms with Gasteiger partial charge in [0.25, 0.3) is 0 Å². The molecular formula is C15H14BrCl2N. The summed E-state index contributed by atoms with van der Waals surface area (Å²) in [4.78, 5) is 0. The molecule has 1 nitrogen and oxygen atoms in total. The van der Waals surface area contributed by atoms with Gasteiger partial charge in [0.1, 0.15) is 0 Å². The van der Waals surface area contributed by atoms with Crippen molar-refractivity contribution in [2.24, 2.45) is 5.73 Å². The van der Waals surface area contributed by atoms with Crippen LogP contribution in [0.5, 0.6) is 0 Å². The summed E-state index contributed by atoms with van der Waals surface area (Å²) >= 11 is 15.7. The Kier molecular flexibility index (Phi) is 4.57. The molecule has 0 heterocycles. The first-order valence-corrected chi connectivity index (χ1v) is 7.42. The molecule has 0 saturated heterocycles. The van der Waals surface area contributed by atoms with Gasteiger partial charge in [-0.15, -0.1) is 0 Å². The molecule has 0 aliphatic carbocycles. The Morgan fingerprint density at radius 2 is 1.89 bits per heavy atom. The molecule has 0 fully saturated rings. The van der Waals surface area contributed by atoms with E-state index in [0.29, 0.717) is 16.5 Å². The summed E-state index contributed by atoms with van der Waals surface area (Å²) in [5.41, 5.74) is 7.94. The first-order valence-electron chi connectivity index (χ1n) is 5.87. The van der Waals surface area contributed by atoms with Gasteiger partial charge >= 0.3 is 0 Å². The average Bonchev–Trinajstić information content (AvgIpc) is 2.33. The van der Waals surface area contributed by atoms with E-state index in [1.165, 1.54) is 0 Å². The second-order valence-electron chi connectivity index (χ2n) is 4.84. The normalized spacial score (nSPS) is 14.2. The van der Waals surface area contributed by atoms with Gasteiger partial charge < -0.3 is 5.73 Å². The molecule has 19 heavy (non-hydrogen) atoms. The van der Waals surface area contributed by atoms with Crippen LogP contribution in [-0.2, 0) is 12.0 Å². The summed E-state index contributed by atoms with van der Waals surface area (Å²) in [7, 11) is 0. The van der Waals surface area contributed by atoms with Gasteiger partial charge in [-0.1, -0.05) is 51.3 Å². The standard InChI is InChI=1S/C15H14BrCl2N/c1-15(19,11-3-2-4-12(16)8-11)9-10-7-13(17)5-6-14(10)18/h2-8H,9,19H2,1H3. The molecule has 0 spiro atoms. The fourth-order valence-electron chi connectivity index (χ4n) is 2.02. The maximum absolute atomic E-state index is 6.44. The molecule has 0 aliphatic rings. The monoisotopic (exact) mass is 357 g/mol. The Morgan fingerprint density at radius 3 is 2.58 bits per heavy atom. The molecule has 0 aromatic heterocycles. The van der Waals surface area contributed by atoms with Crippen molar-refractivity contribution in [2.75, 3.05) is 0 Å². The largest absolute Gasteiger partial charge is 0.321 e. The van der Waals surface area contributed by atoms with E-state index in [9.17, 15) is 0 Å². The third-order valence-corrected chi connectivity index (χ3v) is 4.15. The van der Waals surface area contributed by atoms with E-state index in [1.54, 1.807) is 12.1 Å². The highest BCUT2D eigenvalue weighted by Gasteiger charge is 2.23. The minimum Gasteiger partial charge on any atom is -0.321 e. The topological polar surface area (TPSA) is 26.0 Å². The maximum atomic E-state index is 6.44.